The van der Waals surface area contributed by atoms with Crippen LogP contribution >= 0.6 is 0 Å². The number of nitrogens with two attached hydrogens (primary N) is 1. The summed E-state index contributed by atoms with van der Waals surface area (Å²) in [5.74, 6) is -0.764. The number of rotatable bonds is 3. The molecule has 92 valence electrons. The molecular weight excluding hydrogens is 223 g/mol. The first-order valence-corrected chi connectivity index (χ1v) is 5.61. The predicted molar refractivity (Wildman–Crippen MR) is 62.0 cm³/mol. The molecule has 2 rings (SSSR count). The summed E-state index contributed by atoms with van der Waals surface area (Å²) in [6, 6.07) is 6.05. The number of para-hydroxylation sites is 1. The second kappa shape index (κ2) is 5.25. The zero-order valence-electron chi connectivity index (χ0n) is 9.36. The molecule has 0 radical (unpaired) electrons. The number of carbonyl (C=O) groups excluding carboxylic acids is 1. The molecule has 0 spiro atoms. The molecule has 1 aliphatic rings. The molecule has 0 saturated carbocycles. The van der Waals surface area contributed by atoms with Crippen LogP contribution in [0.2, 0.25) is 0 Å². The first-order valence-electron chi connectivity index (χ1n) is 5.61. The normalized spacial score (nSPS) is 23.6. The molecule has 17 heavy (non-hydrogen) atoms. The molecule has 1 aliphatic heterocycles. The van der Waals surface area contributed by atoms with Crippen molar-refractivity contribution in [3.8, 4) is 0 Å². The van der Waals surface area contributed by atoms with Crippen LogP contribution < -0.4 is 11.1 Å². The number of amides is 1. The van der Waals surface area contributed by atoms with Gasteiger partial charge >= 0.3 is 0 Å². The SMILES string of the molecule is NCC1CCC(C(=O)Nc2ccccc2F)O1. The van der Waals surface area contributed by atoms with Crippen molar-refractivity contribution in [2.45, 2.75) is 25.0 Å². The summed E-state index contributed by atoms with van der Waals surface area (Å²) < 4.78 is 18.7. The average Bonchev–Trinajstić information content (AvgIpc) is 2.81. The van der Waals surface area contributed by atoms with Gasteiger partial charge in [0.15, 0.2) is 0 Å². The molecule has 0 aliphatic carbocycles. The summed E-state index contributed by atoms with van der Waals surface area (Å²) in [6.07, 6.45) is 0.808. The second-order valence-corrected chi connectivity index (χ2v) is 4.03. The summed E-state index contributed by atoms with van der Waals surface area (Å²) in [5.41, 5.74) is 5.63. The third-order valence-electron chi connectivity index (χ3n) is 2.79. The zero-order chi connectivity index (χ0) is 12.3. The fourth-order valence-electron chi connectivity index (χ4n) is 1.85. The summed E-state index contributed by atoms with van der Waals surface area (Å²) in [6.45, 7) is 0.406. The Hall–Kier alpha value is -1.46. The molecule has 4 nitrogen and oxygen atoms in total. The van der Waals surface area contributed by atoms with Crippen molar-refractivity contribution < 1.29 is 13.9 Å². The molecule has 0 bridgehead atoms. The first kappa shape index (κ1) is 12.0. The maximum Gasteiger partial charge on any atom is 0.253 e. The van der Waals surface area contributed by atoms with Gasteiger partial charge in [-0.2, -0.15) is 0 Å². The number of benzene rings is 1. The first-order chi connectivity index (χ1) is 8.20. The van der Waals surface area contributed by atoms with Gasteiger partial charge in [-0.1, -0.05) is 12.1 Å². The lowest BCUT2D eigenvalue weighted by molar-refractivity contribution is -0.126. The average molecular weight is 238 g/mol. The minimum atomic E-state index is -0.525. The van der Waals surface area contributed by atoms with E-state index in [1.165, 1.54) is 12.1 Å². The van der Waals surface area contributed by atoms with Crippen molar-refractivity contribution in [3.05, 3.63) is 30.1 Å². The van der Waals surface area contributed by atoms with Crippen molar-refractivity contribution >= 4 is 11.6 Å². The van der Waals surface area contributed by atoms with Crippen LogP contribution in [0.4, 0.5) is 10.1 Å². The van der Waals surface area contributed by atoms with Crippen LogP contribution in [0.3, 0.4) is 0 Å². The highest BCUT2D eigenvalue weighted by atomic mass is 19.1. The summed E-state index contributed by atoms with van der Waals surface area (Å²) in [5, 5.41) is 2.52. The molecule has 1 amide bonds. The number of hydrogen-bond acceptors (Lipinski definition) is 3. The third kappa shape index (κ3) is 2.81. The molecule has 2 unspecified atom stereocenters. The van der Waals surface area contributed by atoms with Gasteiger partial charge in [0.1, 0.15) is 11.9 Å². The van der Waals surface area contributed by atoms with Gasteiger partial charge in [-0.3, -0.25) is 4.79 Å². The number of nitrogens with one attached hydrogen (secondary N) is 1. The van der Waals surface area contributed by atoms with Crippen molar-refractivity contribution in [1.29, 1.82) is 0 Å². The number of ether oxygens (including phenoxy) is 1. The monoisotopic (exact) mass is 238 g/mol. The maximum atomic E-state index is 13.3. The highest BCUT2D eigenvalue weighted by Gasteiger charge is 2.30. The molecule has 1 heterocycles. The Labute approximate surface area is 98.9 Å². The van der Waals surface area contributed by atoms with Gasteiger partial charge in [0.25, 0.3) is 5.91 Å². The van der Waals surface area contributed by atoms with E-state index in [1.54, 1.807) is 12.1 Å². The van der Waals surface area contributed by atoms with Crippen molar-refractivity contribution in [3.63, 3.8) is 0 Å². The molecule has 1 fully saturated rings. The van der Waals surface area contributed by atoms with Crippen LogP contribution in [0.1, 0.15) is 12.8 Å². The van der Waals surface area contributed by atoms with Gasteiger partial charge in [0.2, 0.25) is 0 Å². The van der Waals surface area contributed by atoms with Crippen LogP contribution in [-0.2, 0) is 9.53 Å². The minimum absolute atomic E-state index is 0.0635. The summed E-state index contributed by atoms with van der Waals surface area (Å²) in [7, 11) is 0. The third-order valence-corrected chi connectivity index (χ3v) is 2.79. The Morgan fingerprint density at radius 2 is 2.24 bits per heavy atom. The van der Waals surface area contributed by atoms with E-state index in [0.717, 1.165) is 6.42 Å². The maximum absolute atomic E-state index is 13.3. The van der Waals surface area contributed by atoms with E-state index in [-0.39, 0.29) is 17.7 Å². The number of anilines is 1. The fourth-order valence-corrected chi connectivity index (χ4v) is 1.85. The predicted octanol–water partition coefficient (Wildman–Crippen LogP) is 1.27. The van der Waals surface area contributed by atoms with E-state index in [2.05, 4.69) is 5.32 Å². The van der Waals surface area contributed by atoms with Gasteiger partial charge in [0.05, 0.1) is 11.8 Å². The van der Waals surface area contributed by atoms with E-state index in [9.17, 15) is 9.18 Å². The Balaban J connectivity index is 1.96. The minimum Gasteiger partial charge on any atom is -0.364 e. The lowest BCUT2D eigenvalue weighted by Gasteiger charge is -2.12. The zero-order valence-corrected chi connectivity index (χ0v) is 9.36. The molecule has 2 atom stereocenters. The van der Waals surface area contributed by atoms with E-state index >= 15 is 0 Å². The standard InChI is InChI=1S/C12H15FN2O2/c13-9-3-1-2-4-10(9)15-12(16)11-6-5-8(7-14)17-11/h1-4,8,11H,5-7,14H2,(H,15,16). The second-order valence-electron chi connectivity index (χ2n) is 4.03. The quantitative estimate of drug-likeness (QED) is 0.833. The summed E-state index contributed by atoms with van der Waals surface area (Å²) >= 11 is 0. The van der Waals surface area contributed by atoms with E-state index in [1.807, 2.05) is 0 Å². The Kier molecular flexibility index (Phi) is 3.71. The van der Waals surface area contributed by atoms with Crippen molar-refractivity contribution in [2.75, 3.05) is 11.9 Å². The highest BCUT2D eigenvalue weighted by molar-refractivity contribution is 5.94. The van der Waals surface area contributed by atoms with Crippen LogP contribution in [0, 0.1) is 5.82 Å². The number of carbonyl (C=O) groups is 1. The number of halogens is 1. The molecule has 0 aromatic heterocycles. The lowest BCUT2D eigenvalue weighted by Crippen LogP contribution is -2.30. The van der Waals surface area contributed by atoms with E-state index in [4.69, 9.17) is 10.5 Å². The van der Waals surface area contributed by atoms with Gasteiger partial charge in [-0.05, 0) is 25.0 Å². The van der Waals surface area contributed by atoms with Gasteiger partial charge in [-0.15, -0.1) is 0 Å². The van der Waals surface area contributed by atoms with Gasteiger partial charge < -0.3 is 15.8 Å². The van der Waals surface area contributed by atoms with Crippen LogP contribution in [0.15, 0.2) is 24.3 Å². The summed E-state index contributed by atoms with van der Waals surface area (Å²) in [4.78, 5) is 11.8. The Bertz CT molecular complexity index is 411. The molecule has 3 N–H and O–H groups in total. The van der Waals surface area contributed by atoms with Crippen LogP contribution in [-0.4, -0.2) is 24.7 Å². The largest absolute Gasteiger partial charge is 0.364 e. The van der Waals surface area contributed by atoms with Gasteiger partial charge in [-0.25, -0.2) is 4.39 Å². The highest BCUT2D eigenvalue weighted by Crippen LogP contribution is 2.21. The Morgan fingerprint density at radius 3 is 2.88 bits per heavy atom. The number of hydrogen-bond donors (Lipinski definition) is 2. The molecular formula is C12H15FN2O2. The Morgan fingerprint density at radius 1 is 1.47 bits per heavy atom. The lowest BCUT2D eigenvalue weighted by atomic mass is 10.2. The van der Waals surface area contributed by atoms with Crippen LogP contribution in [0.5, 0.6) is 0 Å². The molecule has 1 aromatic rings. The van der Waals surface area contributed by atoms with Crippen LogP contribution in [0.25, 0.3) is 0 Å². The smallest absolute Gasteiger partial charge is 0.253 e. The molecule has 1 aromatic carbocycles. The van der Waals surface area contributed by atoms with E-state index in [0.29, 0.717) is 13.0 Å². The fraction of sp³-hybridized carbons (Fsp3) is 0.417. The van der Waals surface area contributed by atoms with Gasteiger partial charge in [0, 0.05) is 6.54 Å². The molecule has 1 saturated heterocycles. The topological polar surface area (TPSA) is 64.4 Å². The molecule has 5 heteroatoms. The van der Waals surface area contributed by atoms with Crippen molar-refractivity contribution in [1.82, 2.24) is 0 Å². The van der Waals surface area contributed by atoms with E-state index < -0.39 is 11.9 Å². The van der Waals surface area contributed by atoms with Crippen molar-refractivity contribution in [2.24, 2.45) is 5.73 Å².